The highest BCUT2D eigenvalue weighted by Crippen LogP contribution is 2.19. The van der Waals surface area contributed by atoms with Crippen LogP contribution in [0.2, 0.25) is 0 Å². The third-order valence-corrected chi connectivity index (χ3v) is 5.61. The maximum Gasteiger partial charge on any atom is 0.407 e. The number of likely N-dealkylation sites (tertiary alicyclic amines) is 1. The second kappa shape index (κ2) is 9.57. The highest BCUT2D eigenvalue weighted by Gasteiger charge is 2.26. The van der Waals surface area contributed by atoms with Crippen molar-refractivity contribution in [3.05, 3.63) is 27.6 Å². The number of hydrogen-bond acceptors (Lipinski definition) is 7. The number of aromatic amines is 1. The molecule has 0 saturated carbocycles. The SMILES string of the molecule is CC(C)(C)OC(=O)NCCNC(=O)C1CCCN(Cc2nc3ccsc3c(=O)[nH]2)C1. The lowest BCUT2D eigenvalue weighted by Gasteiger charge is -2.31. The Kier molecular flexibility index (Phi) is 7.09. The molecule has 164 valence electrons. The average molecular weight is 436 g/mol. The van der Waals surface area contributed by atoms with Gasteiger partial charge in [-0.3, -0.25) is 14.5 Å². The van der Waals surface area contributed by atoms with Crippen LogP contribution in [-0.2, 0) is 16.1 Å². The van der Waals surface area contributed by atoms with Crippen LogP contribution in [0.5, 0.6) is 0 Å². The molecule has 1 atom stereocenters. The van der Waals surface area contributed by atoms with Crippen molar-refractivity contribution in [2.24, 2.45) is 5.92 Å². The first kappa shape index (κ1) is 22.2. The fourth-order valence-electron chi connectivity index (χ4n) is 3.43. The lowest BCUT2D eigenvalue weighted by Crippen LogP contribution is -2.45. The topological polar surface area (TPSA) is 116 Å². The molecule has 0 bridgehead atoms. The molecule has 1 unspecified atom stereocenters. The van der Waals surface area contributed by atoms with E-state index >= 15 is 0 Å². The average Bonchev–Trinajstić information content (AvgIpc) is 3.13. The summed E-state index contributed by atoms with van der Waals surface area (Å²) in [5.41, 5.74) is 0.0442. The van der Waals surface area contributed by atoms with Crippen LogP contribution in [0.25, 0.3) is 10.2 Å². The van der Waals surface area contributed by atoms with Gasteiger partial charge in [0.1, 0.15) is 16.1 Å². The van der Waals surface area contributed by atoms with Gasteiger partial charge < -0.3 is 20.4 Å². The summed E-state index contributed by atoms with van der Waals surface area (Å²) in [5, 5.41) is 7.36. The Balaban J connectivity index is 1.45. The highest BCUT2D eigenvalue weighted by molar-refractivity contribution is 7.17. The quantitative estimate of drug-likeness (QED) is 0.596. The monoisotopic (exact) mass is 435 g/mol. The number of hydrogen-bond donors (Lipinski definition) is 3. The fourth-order valence-corrected chi connectivity index (χ4v) is 4.16. The Hall–Kier alpha value is -2.46. The largest absolute Gasteiger partial charge is 0.444 e. The van der Waals surface area contributed by atoms with E-state index in [1.165, 1.54) is 11.3 Å². The summed E-state index contributed by atoms with van der Waals surface area (Å²) in [7, 11) is 0. The molecule has 30 heavy (non-hydrogen) atoms. The Morgan fingerprint density at radius 1 is 1.33 bits per heavy atom. The van der Waals surface area contributed by atoms with Gasteiger partial charge in [0.05, 0.1) is 18.0 Å². The maximum absolute atomic E-state index is 12.5. The summed E-state index contributed by atoms with van der Waals surface area (Å²) in [4.78, 5) is 45.8. The third-order valence-electron chi connectivity index (χ3n) is 4.71. The lowest BCUT2D eigenvalue weighted by molar-refractivity contribution is -0.126. The standard InChI is InChI=1S/C20H29N5O4S/c1-20(2,3)29-19(28)22-8-7-21-17(26)13-5-4-9-25(11-13)12-15-23-14-6-10-30-16(14)18(27)24-15/h6,10,13H,4-5,7-9,11-12H2,1-3H3,(H,21,26)(H,22,28)(H,23,24,27). The van der Waals surface area contributed by atoms with Crippen molar-refractivity contribution >= 4 is 33.6 Å². The van der Waals surface area contributed by atoms with Crippen LogP contribution in [0, 0.1) is 5.92 Å². The number of carbonyl (C=O) groups excluding carboxylic acids is 2. The van der Waals surface area contributed by atoms with E-state index in [1.54, 1.807) is 20.8 Å². The van der Waals surface area contributed by atoms with Gasteiger partial charge in [0.2, 0.25) is 5.91 Å². The van der Waals surface area contributed by atoms with Crippen LogP contribution in [0.3, 0.4) is 0 Å². The number of amides is 2. The normalized spacial score (nSPS) is 17.6. The van der Waals surface area contributed by atoms with E-state index in [-0.39, 0.29) is 17.4 Å². The number of alkyl carbamates (subject to hydrolysis) is 1. The Morgan fingerprint density at radius 2 is 2.10 bits per heavy atom. The molecule has 3 heterocycles. The third kappa shape index (κ3) is 6.27. The number of ether oxygens (including phenoxy) is 1. The zero-order valence-corrected chi connectivity index (χ0v) is 18.4. The lowest BCUT2D eigenvalue weighted by atomic mass is 9.97. The Labute approximate surface area is 179 Å². The van der Waals surface area contributed by atoms with Crippen LogP contribution in [0.1, 0.15) is 39.4 Å². The Bertz CT molecular complexity index is 949. The van der Waals surface area contributed by atoms with Gasteiger partial charge in [-0.1, -0.05) is 0 Å². The van der Waals surface area contributed by atoms with Gasteiger partial charge >= 0.3 is 6.09 Å². The van der Waals surface area contributed by atoms with E-state index in [0.29, 0.717) is 42.2 Å². The molecule has 1 aliphatic heterocycles. The molecule has 2 amide bonds. The molecular formula is C20H29N5O4S. The molecular weight excluding hydrogens is 406 g/mol. The molecule has 0 aliphatic carbocycles. The molecule has 3 N–H and O–H groups in total. The first-order valence-corrected chi connectivity index (χ1v) is 11.0. The summed E-state index contributed by atoms with van der Waals surface area (Å²) in [6.07, 6.45) is 1.22. The number of nitrogens with one attached hydrogen (secondary N) is 3. The first-order chi connectivity index (χ1) is 14.2. The molecule has 9 nitrogen and oxygen atoms in total. The van der Waals surface area contributed by atoms with Crippen molar-refractivity contribution in [2.75, 3.05) is 26.2 Å². The molecule has 3 rings (SSSR count). The van der Waals surface area contributed by atoms with Crippen molar-refractivity contribution < 1.29 is 14.3 Å². The van der Waals surface area contributed by atoms with Crippen LogP contribution in [-0.4, -0.2) is 58.6 Å². The molecule has 1 saturated heterocycles. The number of thiophene rings is 1. The molecule has 2 aromatic heterocycles. The van der Waals surface area contributed by atoms with E-state index in [9.17, 15) is 14.4 Å². The van der Waals surface area contributed by atoms with Gasteiger partial charge in [0.15, 0.2) is 0 Å². The minimum atomic E-state index is -0.550. The number of rotatable bonds is 6. The fraction of sp³-hybridized carbons (Fsp3) is 0.600. The molecule has 1 fully saturated rings. The van der Waals surface area contributed by atoms with E-state index in [1.807, 2.05) is 11.4 Å². The van der Waals surface area contributed by atoms with E-state index in [0.717, 1.165) is 19.4 Å². The second-order valence-electron chi connectivity index (χ2n) is 8.44. The van der Waals surface area contributed by atoms with Gasteiger partial charge in [-0.25, -0.2) is 9.78 Å². The van der Waals surface area contributed by atoms with Crippen molar-refractivity contribution in [3.8, 4) is 0 Å². The highest BCUT2D eigenvalue weighted by atomic mass is 32.1. The van der Waals surface area contributed by atoms with E-state index in [4.69, 9.17) is 4.74 Å². The summed E-state index contributed by atoms with van der Waals surface area (Å²) in [6, 6.07) is 1.84. The maximum atomic E-state index is 12.5. The number of aromatic nitrogens is 2. The molecule has 0 aromatic carbocycles. The molecule has 0 spiro atoms. The van der Waals surface area contributed by atoms with E-state index in [2.05, 4.69) is 25.5 Å². The molecule has 0 radical (unpaired) electrons. The van der Waals surface area contributed by atoms with Crippen molar-refractivity contribution in [2.45, 2.75) is 45.8 Å². The van der Waals surface area contributed by atoms with Gasteiger partial charge in [0, 0.05) is 19.6 Å². The summed E-state index contributed by atoms with van der Waals surface area (Å²) in [6.45, 7) is 8.02. The summed E-state index contributed by atoms with van der Waals surface area (Å²) in [5.74, 6) is 0.464. The van der Waals surface area contributed by atoms with Gasteiger partial charge in [-0.15, -0.1) is 11.3 Å². The number of fused-ring (bicyclic) bond motifs is 1. The predicted octanol–water partition coefficient (Wildman–Crippen LogP) is 1.84. The van der Waals surface area contributed by atoms with Crippen molar-refractivity contribution in [1.82, 2.24) is 25.5 Å². The number of nitrogens with zero attached hydrogens (tertiary/aromatic N) is 2. The predicted molar refractivity (Wildman–Crippen MR) is 115 cm³/mol. The van der Waals surface area contributed by atoms with Crippen LogP contribution in [0.15, 0.2) is 16.2 Å². The van der Waals surface area contributed by atoms with Gasteiger partial charge in [-0.05, 0) is 51.6 Å². The van der Waals surface area contributed by atoms with Crippen LogP contribution >= 0.6 is 11.3 Å². The number of H-pyrrole nitrogens is 1. The molecule has 1 aliphatic rings. The molecule has 10 heteroatoms. The minimum absolute atomic E-state index is 0.0274. The van der Waals surface area contributed by atoms with Gasteiger partial charge in [-0.2, -0.15) is 0 Å². The summed E-state index contributed by atoms with van der Waals surface area (Å²) >= 11 is 1.38. The van der Waals surface area contributed by atoms with Crippen molar-refractivity contribution in [1.29, 1.82) is 0 Å². The van der Waals surface area contributed by atoms with Gasteiger partial charge in [0.25, 0.3) is 5.56 Å². The zero-order valence-electron chi connectivity index (χ0n) is 17.6. The Morgan fingerprint density at radius 3 is 2.87 bits per heavy atom. The van der Waals surface area contributed by atoms with Crippen molar-refractivity contribution in [3.63, 3.8) is 0 Å². The molecule has 2 aromatic rings. The second-order valence-corrected chi connectivity index (χ2v) is 9.36. The van der Waals surface area contributed by atoms with Crippen LogP contribution < -0.4 is 16.2 Å². The first-order valence-electron chi connectivity index (χ1n) is 10.1. The minimum Gasteiger partial charge on any atom is -0.444 e. The smallest absolute Gasteiger partial charge is 0.407 e. The number of piperidine rings is 1. The summed E-state index contributed by atoms with van der Waals surface area (Å²) < 4.78 is 5.80. The number of carbonyl (C=O) groups is 2. The zero-order chi connectivity index (χ0) is 21.7. The van der Waals surface area contributed by atoms with Crippen LogP contribution in [0.4, 0.5) is 4.79 Å². The van der Waals surface area contributed by atoms with E-state index < -0.39 is 11.7 Å².